The molecule has 6 nitrogen and oxygen atoms in total. The fraction of sp³-hybridized carbons (Fsp3) is 0.455. The third-order valence-corrected chi connectivity index (χ3v) is 4.87. The minimum atomic E-state index is 0. The lowest BCUT2D eigenvalue weighted by Crippen LogP contribution is -2.52. The van der Waals surface area contributed by atoms with Crippen LogP contribution in [-0.4, -0.2) is 55.2 Å². The minimum Gasteiger partial charge on any atom is -0.377 e. The Labute approximate surface area is 191 Å². The molecule has 1 fully saturated rings. The number of aromatic nitrogens is 1. The fourth-order valence-electron chi connectivity index (χ4n) is 3.34. The molecule has 1 N–H and O–H groups in total. The van der Waals surface area contributed by atoms with Crippen molar-refractivity contribution >= 4 is 35.8 Å². The topological polar surface area (TPSA) is 53.0 Å². The van der Waals surface area contributed by atoms with Crippen molar-refractivity contribution in [2.24, 2.45) is 4.99 Å². The first-order valence-corrected chi connectivity index (χ1v) is 10.2. The number of aliphatic imine (C=N–C) groups is 1. The molecule has 0 bridgehead atoms. The SMILES string of the molecule is CCNC(=NCc1ccccc1COCC)N1CCN(c2ccccn2)CC1.I. The van der Waals surface area contributed by atoms with Gasteiger partial charge in [-0.1, -0.05) is 30.3 Å². The average molecular weight is 509 g/mol. The number of piperazine rings is 1. The number of nitrogens with zero attached hydrogens (tertiary/aromatic N) is 4. The average Bonchev–Trinajstić information content (AvgIpc) is 2.76. The van der Waals surface area contributed by atoms with Crippen LogP contribution in [0.5, 0.6) is 0 Å². The Kier molecular flexibility index (Phi) is 10.2. The molecule has 0 amide bonds. The van der Waals surface area contributed by atoms with Gasteiger partial charge in [0.2, 0.25) is 0 Å². The van der Waals surface area contributed by atoms with Crippen LogP contribution in [0.15, 0.2) is 53.7 Å². The molecule has 0 radical (unpaired) electrons. The van der Waals surface area contributed by atoms with Gasteiger partial charge in [0.25, 0.3) is 0 Å². The number of halogens is 1. The summed E-state index contributed by atoms with van der Waals surface area (Å²) in [6.45, 7) is 10.8. The van der Waals surface area contributed by atoms with Crippen molar-refractivity contribution in [1.82, 2.24) is 15.2 Å². The summed E-state index contributed by atoms with van der Waals surface area (Å²) in [4.78, 5) is 14.1. The summed E-state index contributed by atoms with van der Waals surface area (Å²) in [5.41, 5.74) is 2.43. The van der Waals surface area contributed by atoms with Crippen LogP contribution >= 0.6 is 24.0 Å². The van der Waals surface area contributed by atoms with Crippen LogP contribution in [0, 0.1) is 0 Å². The van der Waals surface area contributed by atoms with E-state index in [-0.39, 0.29) is 24.0 Å². The van der Waals surface area contributed by atoms with Crippen molar-refractivity contribution < 1.29 is 4.74 Å². The number of rotatable bonds is 7. The third kappa shape index (κ3) is 6.85. The highest BCUT2D eigenvalue weighted by Gasteiger charge is 2.20. The summed E-state index contributed by atoms with van der Waals surface area (Å²) in [5, 5.41) is 3.45. The summed E-state index contributed by atoms with van der Waals surface area (Å²) in [7, 11) is 0. The number of pyridine rings is 1. The van der Waals surface area contributed by atoms with E-state index in [1.807, 2.05) is 25.3 Å². The standard InChI is InChI=1S/C22H31N5O.HI/c1-3-23-22(25-17-19-9-5-6-10-20(19)18-28-4-2)27-15-13-26(14-16-27)21-11-7-8-12-24-21;/h5-12H,3-4,13-18H2,1-2H3,(H,23,25);1H. The molecule has 1 aromatic carbocycles. The Bertz CT molecular complexity index is 748. The molecular formula is C22H32IN5O. The van der Waals surface area contributed by atoms with Gasteiger partial charge < -0.3 is 19.9 Å². The van der Waals surface area contributed by atoms with Crippen molar-refractivity contribution in [3.8, 4) is 0 Å². The smallest absolute Gasteiger partial charge is 0.194 e. The lowest BCUT2D eigenvalue weighted by Gasteiger charge is -2.37. The molecule has 7 heteroatoms. The Morgan fingerprint density at radius 3 is 2.41 bits per heavy atom. The Balaban J connectivity index is 0.00000300. The normalized spacial score (nSPS) is 14.5. The summed E-state index contributed by atoms with van der Waals surface area (Å²) < 4.78 is 5.60. The zero-order valence-corrected chi connectivity index (χ0v) is 19.7. The monoisotopic (exact) mass is 509 g/mol. The number of hydrogen-bond acceptors (Lipinski definition) is 4. The molecular weight excluding hydrogens is 477 g/mol. The van der Waals surface area contributed by atoms with E-state index in [2.05, 4.69) is 57.4 Å². The van der Waals surface area contributed by atoms with E-state index in [9.17, 15) is 0 Å². The Morgan fingerprint density at radius 2 is 1.76 bits per heavy atom. The van der Waals surface area contributed by atoms with E-state index in [1.165, 1.54) is 11.1 Å². The number of hydrogen-bond donors (Lipinski definition) is 1. The molecule has 0 atom stereocenters. The number of nitrogens with one attached hydrogen (secondary N) is 1. The van der Waals surface area contributed by atoms with E-state index >= 15 is 0 Å². The van der Waals surface area contributed by atoms with Crippen LogP contribution in [0.4, 0.5) is 5.82 Å². The summed E-state index contributed by atoms with van der Waals surface area (Å²) in [6.07, 6.45) is 1.85. The van der Waals surface area contributed by atoms with Gasteiger partial charge in [-0.25, -0.2) is 9.98 Å². The highest BCUT2D eigenvalue weighted by atomic mass is 127. The van der Waals surface area contributed by atoms with E-state index in [0.29, 0.717) is 13.2 Å². The Hall–Kier alpha value is -1.87. The van der Waals surface area contributed by atoms with Crippen LogP contribution in [0.1, 0.15) is 25.0 Å². The maximum Gasteiger partial charge on any atom is 0.194 e. The number of ether oxygens (including phenoxy) is 1. The van der Waals surface area contributed by atoms with Gasteiger partial charge in [0.15, 0.2) is 5.96 Å². The molecule has 2 aromatic rings. The molecule has 1 aromatic heterocycles. The third-order valence-electron chi connectivity index (χ3n) is 4.87. The second-order valence-electron chi connectivity index (χ2n) is 6.74. The predicted octanol–water partition coefficient (Wildman–Crippen LogP) is 3.52. The molecule has 158 valence electrons. The maximum absolute atomic E-state index is 5.60. The highest BCUT2D eigenvalue weighted by molar-refractivity contribution is 14.0. The fourth-order valence-corrected chi connectivity index (χ4v) is 3.34. The van der Waals surface area contributed by atoms with Crippen molar-refractivity contribution in [3.63, 3.8) is 0 Å². The molecule has 2 heterocycles. The Morgan fingerprint density at radius 1 is 1.03 bits per heavy atom. The zero-order chi connectivity index (χ0) is 19.6. The van der Waals surface area contributed by atoms with Crippen LogP contribution in [0.3, 0.4) is 0 Å². The van der Waals surface area contributed by atoms with Crippen LogP contribution in [0.2, 0.25) is 0 Å². The molecule has 3 rings (SSSR count). The lowest BCUT2D eigenvalue weighted by molar-refractivity contribution is 0.133. The molecule has 0 unspecified atom stereocenters. The van der Waals surface area contributed by atoms with E-state index in [1.54, 1.807) is 0 Å². The molecule has 1 saturated heterocycles. The summed E-state index contributed by atoms with van der Waals surface area (Å²) in [5.74, 6) is 2.03. The lowest BCUT2D eigenvalue weighted by atomic mass is 10.1. The molecule has 1 aliphatic heterocycles. The van der Waals surface area contributed by atoms with E-state index in [4.69, 9.17) is 9.73 Å². The van der Waals surface area contributed by atoms with Crippen LogP contribution < -0.4 is 10.2 Å². The van der Waals surface area contributed by atoms with Gasteiger partial charge in [-0.05, 0) is 37.1 Å². The van der Waals surface area contributed by atoms with E-state index in [0.717, 1.165) is 51.1 Å². The first kappa shape index (κ1) is 23.4. The van der Waals surface area contributed by atoms with Gasteiger partial charge >= 0.3 is 0 Å². The molecule has 29 heavy (non-hydrogen) atoms. The predicted molar refractivity (Wildman–Crippen MR) is 130 cm³/mol. The second-order valence-corrected chi connectivity index (χ2v) is 6.74. The van der Waals surface area contributed by atoms with Crippen molar-refractivity contribution in [2.45, 2.75) is 27.0 Å². The first-order chi connectivity index (χ1) is 13.8. The van der Waals surface area contributed by atoms with Crippen molar-refractivity contribution in [2.75, 3.05) is 44.2 Å². The van der Waals surface area contributed by atoms with Gasteiger partial charge in [-0.2, -0.15) is 0 Å². The second kappa shape index (κ2) is 12.6. The van der Waals surface area contributed by atoms with Crippen LogP contribution in [0.25, 0.3) is 0 Å². The van der Waals surface area contributed by atoms with Gasteiger partial charge in [0.1, 0.15) is 5.82 Å². The van der Waals surface area contributed by atoms with Gasteiger partial charge in [0, 0.05) is 45.5 Å². The largest absolute Gasteiger partial charge is 0.377 e. The minimum absolute atomic E-state index is 0. The number of guanidine groups is 1. The van der Waals surface area contributed by atoms with Gasteiger partial charge in [-0.15, -0.1) is 24.0 Å². The zero-order valence-electron chi connectivity index (χ0n) is 17.4. The quantitative estimate of drug-likeness (QED) is 0.352. The molecule has 0 aliphatic carbocycles. The maximum atomic E-state index is 5.60. The number of benzene rings is 1. The molecule has 0 spiro atoms. The van der Waals surface area contributed by atoms with Crippen molar-refractivity contribution in [3.05, 3.63) is 59.8 Å². The highest BCUT2D eigenvalue weighted by Crippen LogP contribution is 2.14. The molecule has 1 aliphatic rings. The summed E-state index contributed by atoms with van der Waals surface area (Å²) in [6, 6.07) is 14.5. The molecule has 0 saturated carbocycles. The van der Waals surface area contributed by atoms with E-state index < -0.39 is 0 Å². The van der Waals surface area contributed by atoms with Gasteiger partial charge in [0.05, 0.1) is 13.2 Å². The van der Waals surface area contributed by atoms with Gasteiger partial charge in [-0.3, -0.25) is 0 Å². The first-order valence-electron chi connectivity index (χ1n) is 10.2. The number of anilines is 1. The summed E-state index contributed by atoms with van der Waals surface area (Å²) >= 11 is 0. The van der Waals surface area contributed by atoms with Crippen LogP contribution in [-0.2, 0) is 17.9 Å². The van der Waals surface area contributed by atoms with Crippen molar-refractivity contribution in [1.29, 1.82) is 0 Å².